The number of rotatable bonds is 3. The van der Waals surface area contributed by atoms with E-state index in [-0.39, 0.29) is 0 Å². The Kier molecular flexibility index (Phi) is 3.18. The lowest BCUT2D eigenvalue weighted by molar-refractivity contribution is -0.858. The van der Waals surface area contributed by atoms with Crippen molar-refractivity contribution in [3.8, 4) is 11.5 Å². The Morgan fingerprint density at radius 2 is 2.09 bits per heavy atom. The van der Waals surface area contributed by atoms with Crippen molar-refractivity contribution >= 4 is 10.9 Å². The summed E-state index contributed by atoms with van der Waals surface area (Å²) in [7, 11) is 4.38. The molecule has 2 aromatic heterocycles. The van der Waals surface area contributed by atoms with E-state index in [9.17, 15) is 0 Å². The highest BCUT2D eigenvalue weighted by atomic mass is 15.5. The standard InChI is InChI=1S/C16H20N6/c1-20(2)10-11-21-14-8-4-3-6-12(14)13-7-5-9-22-16(15(13)21)17-18-19-22/h3-4,6,8H,5,7,9-11H2,1-2H3/p+1. The van der Waals surface area contributed by atoms with E-state index in [2.05, 4.69) is 58.5 Å². The number of hydrogen-bond acceptors (Lipinski definition) is 3. The number of hydrogen-bond donors (Lipinski definition) is 1. The van der Waals surface area contributed by atoms with Crippen LogP contribution in [0.2, 0.25) is 0 Å². The molecular formula is C16H21N6+. The minimum atomic E-state index is 0.893. The van der Waals surface area contributed by atoms with Gasteiger partial charge in [0, 0.05) is 17.4 Å². The van der Waals surface area contributed by atoms with Crippen LogP contribution in [0.15, 0.2) is 24.3 Å². The van der Waals surface area contributed by atoms with Crippen LogP contribution in [0.5, 0.6) is 0 Å². The van der Waals surface area contributed by atoms with E-state index in [1.165, 1.54) is 27.1 Å². The average molecular weight is 297 g/mol. The minimum Gasteiger partial charge on any atom is -0.338 e. The second-order valence-electron chi connectivity index (χ2n) is 6.28. The zero-order chi connectivity index (χ0) is 15.1. The van der Waals surface area contributed by atoms with E-state index < -0.39 is 0 Å². The Bertz CT molecular complexity index is 813. The van der Waals surface area contributed by atoms with Crippen molar-refractivity contribution in [2.45, 2.75) is 25.9 Å². The highest BCUT2D eigenvalue weighted by molar-refractivity contribution is 5.91. The van der Waals surface area contributed by atoms with Gasteiger partial charge in [-0.25, -0.2) is 4.68 Å². The zero-order valence-electron chi connectivity index (χ0n) is 13.1. The molecule has 22 heavy (non-hydrogen) atoms. The first-order chi connectivity index (χ1) is 10.8. The molecule has 0 bridgehead atoms. The SMILES string of the molecule is C[NH+](C)CCn1c2c(c3ccccc31)CCCn1nnnc1-2. The second-order valence-corrected chi connectivity index (χ2v) is 6.28. The smallest absolute Gasteiger partial charge is 0.199 e. The highest BCUT2D eigenvalue weighted by Crippen LogP contribution is 2.35. The number of tetrazole rings is 1. The lowest BCUT2D eigenvalue weighted by Crippen LogP contribution is -3.06. The Morgan fingerprint density at radius 3 is 2.95 bits per heavy atom. The van der Waals surface area contributed by atoms with Crippen molar-refractivity contribution in [1.29, 1.82) is 0 Å². The number of aryl methyl sites for hydroxylation is 2. The fourth-order valence-corrected chi connectivity index (χ4v) is 3.38. The zero-order valence-corrected chi connectivity index (χ0v) is 13.1. The normalized spacial score (nSPS) is 14.1. The predicted molar refractivity (Wildman–Crippen MR) is 84.7 cm³/mol. The first kappa shape index (κ1) is 13.5. The van der Waals surface area contributed by atoms with Gasteiger partial charge in [0.05, 0.1) is 32.9 Å². The molecular weight excluding hydrogens is 276 g/mol. The van der Waals surface area contributed by atoms with Crippen molar-refractivity contribution in [3.63, 3.8) is 0 Å². The molecule has 6 heteroatoms. The van der Waals surface area contributed by atoms with E-state index >= 15 is 0 Å². The lowest BCUT2D eigenvalue weighted by Gasteiger charge is -2.12. The first-order valence-corrected chi connectivity index (χ1v) is 7.91. The summed E-state index contributed by atoms with van der Waals surface area (Å²) in [5.41, 5.74) is 3.91. The quantitative estimate of drug-likeness (QED) is 0.761. The third-order valence-electron chi connectivity index (χ3n) is 4.45. The van der Waals surface area contributed by atoms with Gasteiger partial charge in [-0.3, -0.25) is 0 Å². The van der Waals surface area contributed by atoms with Crippen LogP contribution in [-0.4, -0.2) is 45.4 Å². The fourth-order valence-electron chi connectivity index (χ4n) is 3.38. The lowest BCUT2D eigenvalue weighted by atomic mass is 10.1. The molecule has 0 atom stereocenters. The van der Waals surface area contributed by atoms with Gasteiger partial charge in [-0.15, -0.1) is 5.10 Å². The number of likely N-dealkylation sites (N-methyl/N-ethyl adjacent to an activating group) is 1. The van der Waals surface area contributed by atoms with E-state index in [0.717, 1.165) is 38.3 Å². The average Bonchev–Trinajstić information content (AvgIpc) is 3.04. The number of nitrogens with zero attached hydrogens (tertiary/aromatic N) is 5. The van der Waals surface area contributed by atoms with E-state index in [1.807, 2.05) is 4.68 Å². The van der Waals surface area contributed by atoms with Crippen LogP contribution in [0.1, 0.15) is 12.0 Å². The fraction of sp³-hybridized carbons (Fsp3) is 0.438. The van der Waals surface area contributed by atoms with Gasteiger partial charge in [0.25, 0.3) is 0 Å². The van der Waals surface area contributed by atoms with Crippen molar-refractivity contribution in [1.82, 2.24) is 24.8 Å². The minimum absolute atomic E-state index is 0.893. The summed E-state index contributed by atoms with van der Waals surface area (Å²) >= 11 is 0. The predicted octanol–water partition coefficient (Wildman–Crippen LogP) is 0.385. The van der Waals surface area contributed by atoms with Gasteiger partial charge in [0.1, 0.15) is 0 Å². The van der Waals surface area contributed by atoms with Gasteiger partial charge in [0.15, 0.2) is 5.82 Å². The molecule has 0 saturated heterocycles. The molecule has 1 aromatic carbocycles. The van der Waals surface area contributed by atoms with Crippen LogP contribution in [-0.2, 0) is 19.5 Å². The Hall–Kier alpha value is -2.21. The molecule has 114 valence electrons. The molecule has 6 nitrogen and oxygen atoms in total. The number of benzene rings is 1. The van der Waals surface area contributed by atoms with Crippen LogP contribution in [0.25, 0.3) is 22.4 Å². The van der Waals surface area contributed by atoms with Crippen LogP contribution < -0.4 is 4.90 Å². The summed E-state index contributed by atoms with van der Waals surface area (Å²) in [4.78, 5) is 1.44. The molecule has 3 aromatic rings. The molecule has 0 aliphatic carbocycles. The third kappa shape index (κ3) is 2.02. The monoisotopic (exact) mass is 297 g/mol. The van der Waals surface area contributed by atoms with Gasteiger partial charge in [0.2, 0.25) is 0 Å². The maximum Gasteiger partial charge on any atom is 0.199 e. The molecule has 0 unspecified atom stereocenters. The molecule has 1 aliphatic heterocycles. The number of para-hydroxylation sites is 1. The van der Waals surface area contributed by atoms with E-state index in [4.69, 9.17) is 0 Å². The summed E-state index contributed by atoms with van der Waals surface area (Å²) in [5, 5.41) is 13.7. The Labute approximate surface area is 129 Å². The summed E-state index contributed by atoms with van der Waals surface area (Å²) in [6, 6.07) is 8.68. The number of quaternary nitrogens is 1. The maximum atomic E-state index is 4.32. The molecule has 0 saturated carbocycles. The molecule has 0 spiro atoms. The molecule has 4 rings (SSSR count). The van der Waals surface area contributed by atoms with Crippen molar-refractivity contribution in [2.24, 2.45) is 0 Å². The molecule has 0 fully saturated rings. The van der Waals surface area contributed by atoms with Gasteiger partial charge < -0.3 is 9.47 Å². The largest absolute Gasteiger partial charge is 0.338 e. The van der Waals surface area contributed by atoms with Gasteiger partial charge >= 0.3 is 0 Å². The number of fused-ring (bicyclic) bond motifs is 5. The van der Waals surface area contributed by atoms with Gasteiger partial charge in [-0.1, -0.05) is 18.2 Å². The topological polar surface area (TPSA) is 53.0 Å². The molecule has 0 radical (unpaired) electrons. The number of aromatic nitrogens is 5. The summed E-state index contributed by atoms with van der Waals surface area (Å²) in [6.45, 7) is 2.95. The molecule has 3 heterocycles. The van der Waals surface area contributed by atoms with Gasteiger partial charge in [-0.2, -0.15) is 0 Å². The Balaban J connectivity index is 1.98. The van der Waals surface area contributed by atoms with Crippen LogP contribution >= 0.6 is 0 Å². The van der Waals surface area contributed by atoms with E-state index in [1.54, 1.807) is 0 Å². The maximum absolute atomic E-state index is 4.32. The van der Waals surface area contributed by atoms with Crippen LogP contribution in [0.4, 0.5) is 0 Å². The van der Waals surface area contributed by atoms with Crippen LogP contribution in [0.3, 0.4) is 0 Å². The van der Waals surface area contributed by atoms with Crippen molar-refractivity contribution in [2.75, 3.05) is 20.6 Å². The molecule has 0 amide bonds. The van der Waals surface area contributed by atoms with E-state index in [0.29, 0.717) is 0 Å². The van der Waals surface area contributed by atoms with Crippen LogP contribution in [0, 0.1) is 0 Å². The van der Waals surface area contributed by atoms with Crippen molar-refractivity contribution < 1.29 is 4.90 Å². The van der Waals surface area contributed by atoms with Gasteiger partial charge in [-0.05, 0) is 34.9 Å². The summed E-state index contributed by atoms with van der Waals surface area (Å²) in [6.07, 6.45) is 2.15. The first-order valence-electron chi connectivity index (χ1n) is 7.91. The third-order valence-corrected chi connectivity index (χ3v) is 4.45. The number of nitrogens with one attached hydrogen (secondary N) is 1. The van der Waals surface area contributed by atoms with Crippen molar-refractivity contribution in [3.05, 3.63) is 29.8 Å². The highest BCUT2D eigenvalue weighted by Gasteiger charge is 2.25. The second kappa shape index (κ2) is 5.21. The molecule has 1 aliphatic rings. The molecule has 1 N–H and O–H groups in total. The summed E-state index contributed by atoms with van der Waals surface area (Å²) in [5.74, 6) is 0.914. The Morgan fingerprint density at radius 1 is 1.23 bits per heavy atom. The summed E-state index contributed by atoms with van der Waals surface area (Å²) < 4.78 is 4.36.